The lowest BCUT2D eigenvalue weighted by molar-refractivity contribution is -0.122. The van der Waals surface area contributed by atoms with Crippen molar-refractivity contribution in [3.05, 3.63) is 28.2 Å². The Kier molecular flexibility index (Phi) is 8.12. The highest BCUT2D eigenvalue weighted by Gasteiger charge is 2.24. The monoisotopic (exact) mass is 423 g/mol. The zero-order valence-corrected chi connectivity index (χ0v) is 16.8. The lowest BCUT2D eigenvalue weighted by Crippen LogP contribution is -2.45. The van der Waals surface area contributed by atoms with Gasteiger partial charge in [-0.25, -0.2) is 8.42 Å². The number of hydrogen-bond acceptors (Lipinski definition) is 5. The minimum Gasteiger partial charge on any atom is -0.379 e. The molecule has 0 bridgehead atoms. The summed E-state index contributed by atoms with van der Waals surface area (Å²) < 4.78 is 32.4. The molecular formula is C16H23Cl2N3O4S. The molecule has 1 aromatic carbocycles. The van der Waals surface area contributed by atoms with Crippen molar-refractivity contribution < 1.29 is 17.9 Å². The lowest BCUT2D eigenvalue weighted by atomic mass is 10.3. The molecular weight excluding hydrogens is 401 g/mol. The molecule has 2 rings (SSSR count). The molecule has 1 saturated heterocycles. The molecule has 1 amide bonds. The van der Waals surface area contributed by atoms with E-state index in [1.807, 2.05) is 0 Å². The summed E-state index contributed by atoms with van der Waals surface area (Å²) in [6.45, 7) is 6.07. The van der Waals surface area contributed by atoms with Crippen LogP contribution < -0.4 is 10.0 Å². The summed E-state index contributed by atoms with van der Waals surface area (Å²) in [4.78, 5) is 14.2. The van der Waals surface area contributed by atoms with Crippen molar-refractivity contribution in [2.45, 2.75) is 24.3 Å². The van der Waals surface area contributed by atoms with E-state index in [1.165, 1.54) is 25.1 Å². The number of amides is 1. The van der Waals surface area contributed by atoms with E-state index in [0.717, 1.165) is 39.3 Å². The topological polar surface area (TPSA) is 87.7 Å². The third-order valence-corrected chi connectivity index (χ3v) is 6.22. The van der Waals surface area contributed by atoms with E-state index >= 15 is 0 Å². The van der Waals surface area contributed by atoms with Crippen molar-refractivity contribution in [3.8, 4) is 0 Å². The summed E-state index contributed by atoms with van der Waals surface area (Å²) in [5.41, 5.74) is 0. The summed E-state index contributed by atoms with van der Waals surface area (Å²) in [5.74, 6) is -0.395. The van der Waals surface area contributed by atoms with Gasteiger partial charge in [0.15, 0.2) is 0 Å². The second-order valence-corrected chi connectivity index (χ2v) is 8.54. The molecule has 0 aliphatic carbocycles. The maximum atomic E-state index is 12.4. The van der Waals surface area contributed by atoms with E-state index in [0.29, 0.717) is 6.54 Å². The molecule has 7 nitrogen and oxygen atoms in total. The molecule has 0 radical (unpaired) electrons. The number of nitrogens with zero attached hydrogens (tertiary/aromatic N) is 1. The summed E-state index contributed by atoms with van der Waals surface area (Å²) in [5, 5.41) is 3.03. The van der Waals surface area contributed by atoms with Crippen molar-refractivity contribution in [2.24, 2.45) is 0 Å². The third kappa shape index (κ3) is 6.37. The van der Waals surface area contributed by atoms with Gasteiger partial charge in [-0.2, -0.15) is 4.72 Å². The fourth-order valence-electron chi connectivity index (χ4n) is 2.52. The zero-order valence-electron chi connectivity index (χ0n) is 14.5. The molecule has 146 valence electrons. The maximum absolute atomic E-state index is 12.4. The molecule has 1 atom stereocenters. The smallest absolute Gasteiger partial charge is 0.242 e. The van der Waals surface area contributed by atoms with Crippen LogP contribution in [0.15, 0.2) is 23.1 Å². The van der Waals surface area contributed by atoms with Gasteiger partial charge in [-0.1, -0.05) is 23.2 Å². The van der Waals surface area contributed by atoms with Crippen molar-refractivity contribution >= 4 is 39.1 Å². The third-order valence-electron chi connectivity index (χ3n) is 3.96. The van der Waals surface area contributed by atoms with Gasteiger partial charge >= 0.3 is 0 Å². The second-order valence-electron chi connectivity index (χ2n) is 6.02. The molecule has 0 unspecified atom stereocenters. The predicted molar refractivity (Wildman–Crippen MR) is 101 cm³/mol. The zero-order chi connectivity index (χ0) is 19.2. The Morgan fingerprint density at radius 2 is 2.00 bits per heavy atom. The Hall–Kier alpha value is -0.900. The first-order chi connectivity index (χ1) is 12.3. The molecule has 1 aromatic rings. The Bertz CT molecular complexity index is 724. The molecule has 0 spiro atoms. The molecule has 0 aromatic heterocycles. The normalized spacial score (nSPS) is 17.0. The van der Waals surface area contributed by atoms with Crippen molar-refractivity contribution in [1.82, 2.24) is 14.9 Å². The average molecular weight is 424 g/mol. The van der Waals surface area contributed by atoms with Crippen LogP contribution in [-0.4, -0.2) is 64.7 Å². The molecule has 10 heteroatoms. The number of sulfonamides is 1. The van der Waals surface area contributed by atoms with Crippen LogP contribution in [0.1, 0.15) is 13.3 Å². The van der Waals surface area contributed by atoms with Gasteiger partial charge in [0.25, 0.3) is 0 Å². The summed E-state index contributed by atoms with van der Waals surface area (Å²) in [6, 6.07) is 3.21. The fraction of sp³-hybridized carbons (Fsp3) is 0.562. The number of hydrogen-bond donors (Lipinski definition) is 2. The fourth-order valence-corrected chi connectivity index (χ4v) is 4.49. The number of carbonyl (C=O) groups is 1. The molecule has 0 saturated carbocycles. The summed E-state index contributed by atoms with van der Waals surface area (Å²) in [7, 11) is -3.95. The van der Waals surface area contributed by atoms with Gasteiger partial charge in [-0.3, -0.25) is 9.69 Å². The maximum Gasteiger partial charge on any atom is 0.242 e. The van der Waals surface area contributed by atoms with Crippen LogP contribution in [0.4, 0.5) is 0 Å². The van der Waals surface area contributed by atoms with Crippen LogP contribution >= 0.6 is 23.2 Å². The number of nitrogens with one attached hydrogen (secondary N) is 2. The number of rotatable bonds is 8. The number of morpholine rings is 1. The van der Waals surface area contributed by atoms with Crippen LogP contribution in [-0.2, 0) is 19.6 Å². The number of benzene rings is 1. The molecule has 1 heterocycles. The highest BCUT2D eigenvalue weighted by Crippen LogP contribution is 2.24. The summed E-state index contributed by atoms with van der Waals surface area (Å²) in [6.07, 6.45) is 0.783. The van der Waals surface area contributed by atoms with E-state index in [9.17, 15) is 13.2 Å². The Balaban J connectivity index is 1.81. The number of carbonyl (C=O) groups excluding carboxylic acids is 1. The van der Waals surface area contributed by atoms with Gasteiger partial charge in [-0.15, -0.1) is 0 Å². The highest BCUT2D eigenvalue weighted by atomic mass is 35.5. The minimum atomic E-state index is -3.95. The van der Waals surface area contributed by atoms with E-state index in [1.54, 1.807) is 0 Å². The molecule has 1 aliphatic rings. The Morgan fingerprint density at radius 1 is 1.31 bits per heavy atom. The van der Waals surface area contributed by atoms with E-state index in [-0.39, 0.29) is 14.9 Å². The minimum absolute atomic E-state index is 0.0417. The van der Waals surface area contributed by atoms with Crippen LogP contribution in [0.2, 0.25) is 10.0 Å². The van der Waals surface area contributed by atoms with E-state index in [4.69, 9.17) is 27.9 Å². The van der Waals surface area contributed by atoms with E-state index in [2.05, 4.69) is 14.9 Å². The molecule has 2 N–H and O–H groups in total. The van der Waals surface area contributed by atoms with Gasteiger partial charge in [0.05, 0.1) is 24.3 Å². The quantitative estimate of drug-likeness (QED) is 0.618. The van der Waals surface area contributed by atoms with Gasteiger partial charge in [-0.05, 0) is 38.1 Å². The Morgan fingerprint density at radius 3 is 2.69 bits per heavy atom. The van der Waals surface area contributed by atoms with Crippen LogP contribution in [0, 0.1) is 0 Å². The molecule has 26 heavy (non-hydrogen) atoms. The largest absolute Gasteiger partial charge is 0.379 e. The number of halogens is 2. The van der Waals surface area contributed by atoms with Crippen molar-refractivity contribution in [2.75, 3.05) is 39.4 Å². The lowest BCUT2D eigenvalue weighted by Gasteiger charge is -2.26. The summed E-state index contributed by atoms with van der Waals surface area (Å²) >= 11 is 11.8. The predicted octanol–water partition coefficient (Wildman–Crippen LogP) is 1.50. The standard InChI is InChI=1S/C16H23Cl2N3O4S/c1-12(16(22)19-5-2-6-21-7-9-25-10-8-21)20-26(23,24)15-11-13(17)3-4-14(15)18/h3-4,11-12,20H,2,5-10H2,1H3,(H,19,22)/t12-/m0/s1. The van der Waals surface area contributed by atoms with Gasteiger partial charge < -0.3 is 10.1 Å². The molecule has 1 aliphatic heterocycles. The SMILES string of the molecule is C[C@H](NS(=O)(=O)c1cc(Cl)ccc1Cl)C(=O)NCCCN1CCOCC1. The second kappa shape index (κ2) is 9.87. The van der Waals surface area contributed by atoms with Gasteiger partial charge in [0.2, 0.25) is 15.9 Å². The van der Waals surface area contributed by atoms with Crippen LogP contribution in [0.5, 0.6) is 0 Å². The average Bonchev–Trinajstić information content (AvgIpc) is 2.61. The van der Waals surface area contributed by atoms with E-state index < -0.39 is 22.0 Å². The molecule has 1 fully saturated rings. The van der Waals surface area contributed by atoms with Gasteiger partial charge in [0.1, 0.15) is 4.90 Å². The van der Waals surface area contributed by atoms with Gasteiger partial charge in [0, 0.05) is 24.7 Å². The first-order valence-corrected chi connectivity index (χ1v) is 10.6. The first-order valence-electron chi connectivity index (χ1n) is 8.35. The van der Waals surface area contributed by atoms with Crippen LogP contribution in [0.3, 0.4) is 0 Å². The van der Waals surface area contributed by atoms with Crippen molar-refractivity contribution in [3.63, 3.8) is 0 Å². The van der Waals surface area contributed by atoms with Crippen molar-refractivity contribution in [1.29, 1.82) is 0 Å². The highest BCUT2D eigenvalue weighted by molar-refractivity contribution is 7.89. The first kappa shape index (κ1) is 21.4. The Labute approximate surface area is 164 Å². The number of ether oxygens (including phenoxy) is 1. The van der Waals surface area contributed by atoms with Crippen LogP contribution in [0.25, 0.3) is 0 Å².